The van der Waals surface area contributed by atoms with Crippen LogP contribution in [0.15, 0.2) is 24.3 Å². The number of anilines is 1. The average molecular weight is 337 g/mol. The molecule has 22 heavy (non-hydrogen) atoms. The first-order chi connectivity index (χ1) is 9.97. The highest BCUT2D eigenvalue weighted by molar-refractivity contribution is 5.95. The van der Waals surface area contributed by atoms with Gasteiger partial charge < -0.3 is 15.8 Å². The van der Waals surface area contributed by atoms with Crippen LogP contribution in [0.25, 0.3) is 0 Å². The molecule has 0 spiro atoms. The van der Waals surface area contributed by atoms with E-state index in [4.69, 9.17) is 10.5 Å². The molecule has 0 unspecified atom stereocenters. The van der Waals surface area contributed by atoms with Gasteiger partial charge in [0.15, 0.2) is 0 Å². The third-order valence-corrected chi connectivity index (χ3v) is 3.71. The Kier molecular flexibility index (Phi) is 8.97. The number of carbonyl (C=O) groups is 1. The molecule has 4 nitrogen and oxygen atoms in total. The number of nitrogens with two attached hydrogens (primary N) is 1. The van der Waals surface area contributed by atoms with Crippen LogP contribution in [-0.4, -0.2) is 25.5 Å². The van der Waals surface area contributed by atoms with Crippen molar-refractivity contribution in [3.63, 3.8) is 0 Å². The lowest BCUT2D eigenvalue weighted by atomic mass is 9.81. The van der Waals surface area contributed by atoms with E-state index in [0.29, 0.717) is 24.3 Å². The first-order valence-corrected chi connectivity index (χ1v) is 7.00. The molecule has 0 saturated heterocycles. The van der Waals surface area contributed by atoms with Crippen molar-refractivity contribution in [1.82, 2.24) is 0 Å². The van der Waals surface area contributed by atoms with Gasteiger partial charge in [-0.25, -0.2) is 8.78 Å². The number of carbonyl (C=O) groups excluding carboxylic acids is 1. The van der Waals surface area contributed by atoms with Crippen molar-refractivity contribution in [2.75, 3.05) is 18.5 Å². The van der Waals surface area contributed by atoms with Crippen molar-refractivity contribution >= 4 is 24.0 Å². The van der Waals surface area contributed by atoms with Gasteiger partial charge in [-0.2, -0.15) is 0 Å². The summed E-state index contributed by atoms with van der Waals surface area (Å²) in [7, 11) is 0. The summed E-state index contributed by atoms with van der Waals surface area (Å²) in [6.07, 6.45) is -1.20. The number of hydrogen-bond acceptors (Lipinski definition) is 3. The molecule has 0 atom stereocenters. The monoisotopic (exact) mass is 336 g/mol. The van der Waals surface area contributed by atoms with E-state index in [1.54, 1.807) is 24.3 Å². The molecule has 0 radical (unpaired) electrons. The summed E-state index contributed by atoms with van der Waals surface area (Å²) in [5.41, 5.74) is 5.73. The van der Waals surface area contributed by atoms with E-state index in [9.17, 15) is 13.6 Å². The maximum atomic E-state index is 12.3. The van der Waals surface area contributed by atoms with Crippen molar-refractivity contribution in [3.05, 3.63) is 24.3 Å². The lowest BCUT2D eigenvalue weighted by Crippen LogP contribution is -2.41. The summed E-state index contributed by atoms with van der Waals surface area (Å²) in [5.74, 6) is 0.209. The second-order valence-corrected chi connectivity index (χ2v) is 4.87. The molecular weight excluding hydrogens is 314 g/mol. The van der Waals surface area contributed by atoms with Crippen LogP contribution in [0, 0.1) is 5.41 Å². The topological polar surface area (TPSA) is 64.4 Å². The fourth-order valence-corrected chi connectivity index (χ4v) is 2.01. The van der Waals surface area contributed by atoms with Crippen LogP contribution in [0.5, 0.6) is 5.75 Å². The van der Waals surface area contributed by atoms with Crippen LogP contribution in [0.3, 0.4) is 0 Å². The molecule has 0 bridgehead atoms. The zero-order chi connectivity index (χ0) is 15.9. The normalized spacial score (nSPS) is 11.0. The minimum atomic E-state index is -2.51. The zero-order valence-electron chi connectivity index (χ0n) is 12.8. The molecule has 1 aromatic rings. The molecule has 7 heteroatoms. The minimum Gasteiger partial charge on any atom is -0.488 e. The Hall–Kier alpha value is -1.40. The summed E-state index contributed by atoms with van der Waals surface area (Å²) in [5, 5.41) is 2.81. The highest BCUT2D eigenvalue weighted by Gasteiger charge is 2.33. The first-order valence-electron chi connectivity index (χ1n) is 7.00. The molecule has 0 saturated carbocycles. The number of benzene rings is 1. The predicted octanol–water partition coefficient (Wildman–Crippen LogP) is 3.46. The Labute approximate surface area is 135 Å². The molecule has 0 aliphatic rings. The Morgan fingerprint density at radius 2 is 1.82 bits per heavy atom. The maximum absolute atomic E-state index is 12.3. The van der Waals surface area contributed by atoms with E-state index in [2.05, 4.69) is 5.32 Å². The number of rotatable bonds is 8. The van der Waals surface area contributed by atoms with Crippen molar-refractivity contribution in [3.8, 4) is 5.75 Å². The molecule has 0 aliphatic heterocycles. The Bertz CT molecular complexity index is 443. The van der Waals surface area contributed by atoms with Crippen LogP contribution in [0.4, 0.5) is 14.5 Å². The van der Waals surface area contributed by atoms with Gasteiger partial charge in [-0.1, -0.05) is 13.8 Å². The fourth-order valence-electron chi connectivity index (χ4n) is 2.01. The second kappa shape index (κ2) is 9.58. The van der Waals surface area contributed by atoms with Gasteiger partial charge in [0, 0.05) is 12.2 Å². The van der Waals surface area contributed by atoms with Crippen molar-refractivity contribution in [1.29, 1.82) is 0 Å². The standard InChI is InChI=1S/C15H22F2N2O2.ClH/c1-3-15(4-2,10-18)14(20)19-11-5-7-12(8-6-11)21-9-13(16)17;/h5-8,13H,3-4,9-10,18H2,1-2H3,(H,19,20);1H. The largest absolute Gasteiger partial charge is 0.488 e. The van der Waals surface area contributed by atoms with E-state index in [-0.39, 0.29) is 24.9 Å². The number of halogens is 3. The second-order valence-electron chi connectivity index (χ2n) is 4.87. The first kappa shape index (κ1) is 20.6. The van der Waals surface area contributed by atoms with Gasteiger partial charge in [0.05, 0.1) is 5.41 Å². The van der Waals surface area contributed by atoms with Crippen LogP contribution >= 0.6 is 12.4 Å². The Balaban J connectivity index is 0.00000441. The quantitative estimate of drug-likeness (QED) is 0.764. The molecule has 3 N–H and O–H groups in total. The third-order valence-electron chi connectivity index (χ3n) is 3.71. The van der Waals surface area contributed by atoms with Gasteiger partial charge >= 0.3 is 0 Å². The van der Waals surface area contributed by atoms with Crippen molar-refractivity contribution in [2.24, 2.45) is 11.1 Å². The van der Waals surface area contributed by atoms with Crippen LogP contribution in [-0.2, 0) is 4.79 Å². The molecule has 1 rings (SSSR count). The third kappa shape index (κ3) is 5.42. The van der Waals surface area contributed by atoms with Gasteiger partial charge in [0.25, 0.3) is 6.43 Å². The Morgan fingerprint density at radius 1 is 1.27 bits per heavy atom. The molecule has 0 aromatic heterocycles. The predicted molar refractivity (Wildman–Crippen MR) is 85.9 cm³/mol. The van der Waals surface area contributed by atoms with Gasteiger partial charge in [-0.15, -0.1) is 12.4 Å². The molecule has 0 aliphatic carbocycles. The maximum Gasteiger partial charge on any atom is 0.272 e. The lowest BCUT2D eigenvalue weighted by Gasteiger charge is -2.28. The van der Waals surface area contributed by atoms with E-state index in [0.717, 1.165) is 0 Å². The van der Waals surface area contributed by atoms with Gasteiger partial charge in [0.1, 0.15) is 12.4 Å². The zero-order valence-corrected chi connectivity index (χ0v) is 13.6. The molecule has 1 amide bonds. The summed E-state index contributed by atoms with van der Waals surface area (Å²) < 4.78 is 28.9. The van der Waals surface area contributed by atoms with Gasteiger partial charge in [-0.05, 0) is 37.1 Å². The summed E-state index contributed by atoms with van der Waals surface area (Å²) in [6, 6.07) is 6.32. The van der Waals surface area contributed by atoms with E-state index >= 15 is 0 Å². The summed E-state index contributed by atoms with van der Waals surface area (Å²) in [6.45, 7) is 3.49. The van der Waals surface area contributed by atoms with E-state index < -0.39 is 18.4 Å². The van der Waals surface area contributed by atoms with Crippen molar-refractivity contribution < 1.29 is 18.3 Å². The van der Waals surface area contributed by atoms with Gasteiger partial charge in [0.2, 0.25) is 5.91 Å². The Morgan fingerprint density at radius 3 is 2.23 bits per heavy atom. The average Bonchev–Trinajstić information content (AvgIpc) is 2.49. The number of nitrogens with one attached hydrogen (secondary N) is 1. The molecule has 126 valence electrons. The van der Waals surface area contributed by atoms with Crippen molar-refractivity contribution in [2.45, 2.75) is 33.1 Å². The highest BCUT2D eigenvalue weighted by Crippen LogP contribution is 2.27. The molecule has 0 fully saturated rings. The number of amides is 1. The lowest BCUT2D eigenvalue weighted by molar-refractivity contribution is -0.125. The minimum absolute atomic E-state index is 0. The molecule has 0 heterocycles. The van der Waals surface area contributed by atoms with E-state index in [1.807, 2.05) is 13.8 Å². The number of ether oxygens (including phenoxy) is 1. The van der Waals surface area contributed by atoms with Crippen LogP contribution in [0.2, 0.25) is 0 Å². The summed E-state index contributed by atoms with van der Waals surface area (Å²) in [4.78, 5) is 12.3. The van der Waals surface area contributed by atoms with Crippen LogP contribution in [0.1, 0.15) is 26.7 Å². The summed E-state index contributed by atoms with van der Waals surface area (Å²) >= 11 is 0. The smallest absolute Gasteiger partial charge is 0.272 e. The van der Waals surface area contributed by atoms with E-state index in [1.165, 1.54) is 0 Å². The highest BCUT2D eigenvalue weighted by atomic mass is 35.5. The fraction of sp³-hybridized carbons (Fsp3) is 0.533. The van der Waals surface area contributed by atoms with Gasteiger partial charge in [-0.3, -0.25) is 4.79 Å². The number of hydrogen-bond donors (Lipinski definition) is 2. The molecule has 1 aromatic carbocycles. The SMILES string of the molecule is CCC(CC)(CN)C(=O)Nc1ccc(OCC(F)F)cc1.Cl. The molecular formula is C15H23ClF2N2O2. The van der Waals surface area contributed by atoms with Crippen LogP contribution < -0.4 is 15.8 Å². The number of alkyl halides is 2.